The van der Waals surface area contributed by atoms with E-state index in [9.17, 15) is 4.39 Å². The van der Waals surface area contributed by atoms with Crippen LogP contribution in [0.4, 0.5) is 21.0 Å². The molecule has 35 heavy (non-hydrogen) atoms. The highest BCUT2D eigenvalue weighted by Gasteiger charge is 2.23. The van der Waals surface area contributed by atoms with Crippen LogP contribution in [0.3, 0.4) is 0 Å². The van der Waals surface area contributed by atoms with Crippen LogP contribution in [-0.4, -0.2) is 59.0 Å². The molecule has 1 aromatic carbocycles. The zero-order chi connectivity index (χ0) is 24.5. The number of thiazole rings is 1. The molecule has 1 aliphatic heterocycles. The maximum Gasteiger partial charge on any atom is 0.191 e. The molecule has 6 nitrogen and oxygen atoms in total. The molecule has 1 aliphatic rings. The third kappa shape index (κ3) is 4.65. The Morgan fingerprint density at radius 2 is 1.80 bits per heavy atom. The number of hydrogen-bond donors (Lipinski definition) is 0. The molecule has 0 atom stereocenters. The highest BCUT2D eigenvalue weighted by molar-refractivity contribution is 7.14. The fraction of sp³-hybridized carbons (Fsp3) is 0.407. The van der Waals surface area contributed by atoms with E-state index < -0.39 is 0 Å². The Hall–Kier alpha value is -2.97. The van der Waals surface area contributed by atoms with Gasteiger partial charge in [0.25, 0.3) is 0 Å². The number of aryl methyl sites for hydroxylation is 2. The van der Waals surface area contributed by atoms with Crippen molar-refractivity contribution >= 4 is 33.6 Å². The number of rotatable bonds is 7. The fourth-order valence-corrected chi connectivity index (χ4v) is 5.70. The van der Waals surface area contributed by atoms with Crippen molar-refractivity contribution in [1.29, 1.82) is 0 Å². The van der Waals surface area contributed by atoms with Gasteiger partial charge in [0.15, 0.2) is 5.13 Å². The van der Waals surface area contributed by atoms with Crippen LogP contribution in [0, 0.1) is 12.7 Å². The summed E-state index contributed by atoms with van der Waals surface area (Å²) in [6.07, 6.45) is 4.28. The molecule has 5 rings (SSSR count). The summed E-state index contributed by atoms with van der Waals surface area (Å²) in [6.45, 7) is 12.0. The molecule has 1 saturated heterocycles. The van der Waals surface area contributed by atoms with Gasteiger partial charge in [0.2, 0.25) is 0 Å². The summed E-state index contributed by atoms with van der Waals surface area (Å²) >= 11 is 1.59. The third-order valence-electron chi connectivity index (χ3n) is 6.78. The number of anilines is 3. The summed E-state index contributed by atoms with van der Waals surface area (Å²) in [5.74, 6) is 0.815. The van der Waals surface area contributed by atoms with Crippen molar-refractivity contribution < 1.29 is 4.39 Å². The van der Waals surface area contributed by atoms with Crippen molar-refractivity contribution in [3.05, 3.63) is 59.0 Å². The van der Waals surface area contributed by atoms with E-state index in [1.165, 1.54) is 36.3 Å². The van der Waals surface area contributed by atoms with Crippen LogP contribution >= 0.6 is 11.3 Å². The van der Waals surface area contributed by atoms with E-state index in [1.807, 2.05) is 5.38 Å². The van der Waals surface area contributed by atoms with Gasteiger partial charge >= 0.3 is 0 Å². The summed E-state index contributed by atoms with van der Waals surface area (Å²) in [7, 11) is 2.06. The summed E-state index contributed by atoms with van der Waals surface area (Å²) in [6, 6.07) is 8.77. The first-order valence-corrected chi connectivity index (χ1v) is 13.3. The van der Waals surface area contributed by atoms with Crippen molar-refractivity contribution in [1.82, 2.24) is 19.3 Å². The molecule has 0 spiro atoms. The Morgan fingerprint density at radius 3 is 2.49 bits per heavy atom. The van der Waals surface area contributed by atoms with Gasteiger partial charge in [-0.25, -0.2) is 14.4 Å². The Labute approximate surface area is 210 Å². The number of benzene rings is 1. The first kappa shape index (κ1) is 23.8. The van der Waals surface area contributed by atoms with E-state index in [0.717, 1.165) is 66.1 Å². The Balaban J connectivity index is 1.49. The van der Waals surface area contributed by atoms with E-state index in [2.05, 4.69) is 59.2 Å². The number of hydrogen-bond acceptors (Lipinski definition) is 6. The molecule has 3 aromatic heterocycles. The van der Waals surface area contributed by atoms with Gasteiger partial charge in [-0.1, -0.05) is 13.8 Å². The number of pyridine rings is 1. The third-order valence-corrected chi connectivity index (χ3v) is 7.70. The molecule has 0 radical (unpaired) electrons. The highest BCUT2D eigenvalue weighted by atomic mass is 32.1. The van der Waals surface area contributed by atoms with Crippen LogP contribution in [-0.2, 0) is 6.42 Å². The van der Waals surface area contributed by atoms with E-state index in [1.54, 1.807) is 23.5 Å². The second-order valence-corrected chi connectivity index (χ2v) is 10.1. The standard InChI is InChI=1S/C27H33FN6S/c1-5-11-32-12-14-33(15-13-32)22-16-19(3)25-29-23(6-2)26(34(25)17-22)31(4)27-30-24(18-35-27)20-7-9-21(28)10-8-20/h7-10,16-18H,5-6,11-15H2,1-4H3. The summed E-state index contributed by atoms with van der Waals surface area (Å²) in [5, 5.41) is 2.91. The van der Waals surface area contributed by atoms with Gasteiger partial charge < -0.3 is 9.80 Å². The second kappa shape index (κ2) is 9.95. The summed E-state index contributed by atoms with van der Waals surface area (Å²) < 4.78 is 15.6. The van der Waals surface area contributed by atoms with Gasteiger partial charge in [-0.05, 0) is 62.2 Å². The molecule has 8 heteroatoms. The molecule has 1 fully saturated rings. The summed E-state index contributed by atoms with van der Waals surface area (Å²) in [4.78, 5) is 17.1. The zero-order valence-electron chi connectivity index (χ0n) is 21.0. The lowest BCUT2D eigenvalue weighted by Gasteiger charge is -2.36. The van der Waals surface area contributed by atoms with Crippen molar-refractivity contribution in [2.45, 2.75) is 33.6 Å². The quantitative estimate of drug-likeness (QED) is 0.328. The van der Waals surface area contributed by atoms with Gasteiger partial charge in [-0.15, -0.1) is 11.3 Å². The van der Waals surface area contributed by atoms with Crippen LogP contribution in [0.15, 0.2) is 41.9 Å². The van der Waals surface area contributed by atoms with Gasteiger partial charge in [-0.3, -0.25) is 9.30 Å². The molecule has 0 amide bonds. The number of imidazole rings is 1. The van der Waals surface area contributed by atoms with Crippen molar-refractivity contribution in [2.24, 2.45) is 0 Å². The maximum atomic E-state index is 13.4. The summed E-state index contributed by atoms with van der Waals surface area (Å²) in [5.41, 5.74) is 6.24. The molecular formula is C27H33FN6S. The predicted molar refractivity (Wildman–Crippen MR) is 144 cm³/mol. The molecule has 0 bridgehead atoms. The lowest BCUT2D eigenvalue weighted by Crippen LogP contribution is -2.46. The number of fused-ring (bicyclic) bond motifs is 1. The number of nitrogens with zero attached hydrogens (tertiary/aromatic N) is 6. The predicted octanol–water partition coefficient (Wildman–Crippen LogP) is 5.77. The van der Waals surface area contributed by atoms with Crippen LogP contribution in [0.2, 0.25) is 0 Å². The molecular weight excluding hydrogens is 459 g/mol. The molecule has 4 aromatic rings. The molecule has 4 heterocycles. The van der Waals surface area contributed by atoms with Crippen LogP contribution < -0.4 is 9.80 Å². The van der Waals surface area contributed by atoms with Crippen molar-refractivity contribution in [3.8, 4) is 11.3 Å². The minimum atomic E-state index is -0.238. The Bertz CT molecular complexity index is 1300. The fourth-order valence-electron chi connectivity index (χ4n) is 4.90. The van der Waals surface area contributed by atoms with Crippen LogP contribution in [0.25, 0.3) is 16.9 Å². The van der Waals surface area contributed by atoms with Gasteiger partial charge in [-0.2, -0.15) is 0 Å². The molecule has 0 aliphatic carbocycles. The highest BCUT2D eigenvalue weighted by Crippen LogP contribution is 2.35. The van der Waals surface area contributed by atoms with E-state index in [-0.39, 0.29) is 5.82 Å². The topological polar surface area (TPSA) is 39.9 Å². The number of halogens is 1. The average Bonchev–Trinajstić information content (AvgIpc) is 3.50. The maximum absolute atomic E-state index is 13.4. The Kier molecular flexibility index (Phi) is 6.75. The van der Waals surface area contributed by atoms with Crippen molar-refractivity contribution in [2.75, 3.05) is 49.6 Å². The van der Waals surface area contributed by atoms with Gasteiger partial charge in [0, 0.05) is 50.4 Å². The molecule has 0 unspecified atom stereocenters. The average molecular weight is 493 g/mol. The van der Waals surface area contributed by atoms with E-state index in [4.69, 9.17) is 9.97 Å². The Morgan fingerprint density at radius 1 is 1.06 bits per heavy atom. The molecule has 184 valence electrons. The van der Waals surface area contributed by atoms with E-state index >= 15 is 0 Å². The first-order valence-electron chi connectivity index (χ1n) is 12.4. The number of aromatic nitrogens is 3. The van der Waals surface area contributed by atoms with Gasteiger partial charge in [0.05, 0.1) is 17.1 Å². The largest absolute Gasteiger partial charge is 0.368 e. The molecule has 0 saturated carbocycles. The van der Waals surface area contributed by atoms with Crippen molar-refractivity contribution in [3.63, 3.8) is 0 Å². The van der Waals surface area contributed by atoms with Gasteiger partial charge in [0.1, 0.15) is 17.3 Å². The monoisotopic (exact) mass is 492 g/mol. The molecule has 0 N–H and O–H groups in total. The zero-order valence-corrected chi connectivity index (χ0v) is 21.8. The smallest absolute Gasteiger partial charge is 0.191 e. The second-order valence-electron chi connectivity index (χ2n) is 9.22. The first-order chi connectivity index (χ1) is 17.0. The normalized spacial score (nSPS) is 14.7. The lowest BCUT2D eigenvalue weighted by molar-refractivity contribution is 0.258. The minimum Gasteiger partial charge on any atom is -0.368 e. The number of piperazine rings is 1. The van der Waals surface area contributed by atoms with Crippen LogP contribution in [0.5, 0.6) is 0 Å². The van der Waals surface area contributed by atoms with E-state index in [0.29, 0.717) is 0 Å². The lowest BCUT2D eigenvalue weighted by atomic mass is 10.2. The SMILES string of the molecule is CCCN1CCN(c2cc(C)c3nc(CC)c(N(C)c4nc(-c5ccc(F)cc5)cs4)n3c2)CC1. The van der Waals surface area contributed by atoms with Crippen LogP contribution in [0.1, 0.15) is 31.5 Å². The minimum absolute atomic E-state index is 0.238.